The molecule has 0 saturated carbocycles. The van der Waals surface area contributed by atoms with E-state index in [1.54, 1.807) is 0 Å². The van der Waals surface area contributed by atoms with Crippen LogP contribution in [-0.2, 0) is 10.8 Å². The van der Waals surface area contributed by atoms with Crippen LogP contribution in [0.15, 0.2) is 173 Å². The lowest BCUT2D eigenvalue weighted by Crippen LogP contribution is -2.61. The summed E-state index contributed by atoms with van der Waals surface area (Å²) in [6, 6.07) is 59.2. The number of benzene rings is 7. The molecule has 9 aromatic rings. The molecule has 59 heavy (non-hydrogen) atoms. The van der Waals surface area contributed by atoms with Gasteiger partial charge >= 0.3 is 0 Å². The van der Waals surface area contributed by atoms with Gasteiger partial charge in [-0.25, -0.2) is 0 Å². The van der Waals surface area contributed by atoms with Gasteiger partial charge in [-0.2, -0.15) is 0 Å². The van der Waals surface area contributed by atoms with Crippen molar-refractivity contribution in [2.45, 2.75) is 52.4 Å². The van der Waals surface area contributed by atoms with Gasteiger partial charge in [-0.05, 0) is 85.9 Å². The molecule has 0 N–H and O–H groups in total. The van der Waals surface area contributed by atoms with E-state index in [1.165, 1.54) is 27.5 Å². The first-order valence-electron chi connectivity index (χ1n) is 20.7. The fourth-order valence-corrected chi connectivity index (χ4v) is 9.46. The van der Waals surface area contributed by atoms with Crippen LogP contribution in [-0.4, -0.2) is 6.71 Å². The lowest BCUT2D eigenvalue weighted by atomic mass is 9.33. The Morgan fingerprint density at radius 1 is 0.407 bits per heavy atom. The number of fused-ring (bicyclic) bond motifs is 6. The third-order valence-corrected chi connectivity index (χ3v) is 12.4. The molecule has 2 aromatic heterocycles. The van der Waals surface area contributed by atoms with E-state index < -0.39 is 0 Å². The normalized spacial score (nSPS) is 13.5. The average molecular weight is 765 g/mol. The Hall–Kier alpha value is -6.72. The molecule has 2 aliphatic heterocycles. The Labute approximate surface area is 346 Å². The molecule has 11 rings (SSSR count). The van der Waals surface area contributed by atoms with Crippen molar-refractivity contribution in [3.8, 4) is 22.3 Å². The van der Waals surface area contributed by atoms with Crippen LogP contribution in [0.4, 0.5) is 34.5 Å². The molecule has 4 nitrogen and oxygen atoms in total. The molecule has 0 aliphatic carbocycles. The Balaban J connectivity index is 1.27. The van der Waals surface area contributed by atoms with Gasteiger partial charge in [-0.1, -0.05) is 169 Å². The van der Waals surface area contributed by atoms with Crippen LogP contribution in [0.1, 0.15) is 52.7 Å². The minimum atomic E-state index is -0.0656. The first kappa shape index (κ1) is 35.4. The number of anilines is 6. The van der Waals surface area contributed by atoms with Crippen molar-refractivity contribution in [3.63, 3.8) is 0 Å². The maximum Gasteiger partial charge on any atom is 0.252 e. The minimum absolute atomic E-state index is 0.0580. The fourth-order valence-electron chi connectivity index (χ4n) is 9.46. The highest BCUT2D eigenvalue weighted by atomic mass is 16.4. The highest BCUT2D eigenvalue weighted by Gasteiger charge is 2.46. The third-order valence-electron chi connectivity index (χ3n) is 12.4. The van der Waals surface area contributed by atoms with Crippen LogP contribution in [0.3, 0.4) is 0 Å². The second-order valence-corrected chi connectivity index (χ2v) is 18.1. The molecule has 0 atom stereocenters. The Morgan fingerprint density at radius 2 is 0.814 bits per heavy atom. The maximum atomic E-state index is 7.09. The number of nitrogens with zero attached hydrogens (tertiary/aromatic N) is 2. The smallest absolute Gasteiger partial charge is 0.252 e. The predicted molar refractivity (Wildman–Crippen MR) is 248 cm³/mol. The summed E-state index contributed by atoms with van der Waals surface area (Å²) < 4.78 is 14.2. The molecule has 0 fully saturated rings. The summed E-state index contributed by atoms with van der Waals surface area (Å²) in [7, 11) is 0. The topological polar surface area (TPSA) is 32.8 Å². The van der Waals surface area contributed by atoms with Gasteiger partial charge in [0.15, 0.2) is 0 Å². The molecule has 0 saturated heterocycles. The first-order chi connectivity index (χ1) is 28.6. The second-order valence-electron chi connectivity index (χ2n) is 18.1. The molecule has 0 unspecified atom stereocenters. The van der Waals surface area contributed by atoms with Crippen LogP contribution in [0.5, 0.6) is 0 Å². The molecule has 4 heterocycles. The number of rotatable bonds is 4. The fraction of sp³-hybridized carbons (Fsp3) is 0.148. The summed E-state index contributed by atoms with van der Waals surface area (Å²) in [5.41, 5.74) is 16.7. The van der Waals surface area contributed by atoms with Crippen molar-refractivity contribution in [2.24, 2.45) is 0 Å². The highest BCUT2D eigenvalue weighted by molar-refractivity contribution is 7.00. The van der Waals surface area contributed by atoms with Gasteiger partial charge in [-0.3, -0.25) is 9.80 Å². The van der Waals surface area contributed by atoms with E-state index in [9.17, 15) is 0 Å². The number of para-hydroxylation sites is 2. The van der Waals surface area contributed by atoms with Gasteiger partial charge in [0, 0.05) is 33.5 Å². The molecule has 2 aliphatic rings. The molecule has 286 valence electrons. The molecule has 0 amide bonds. The summed E-state index contributed by atoms with van der Waals surface area (Å²) in [5, 5.41) is 2.18. The SMILES string of the molecule is CC(C)(C)c1ccc2c(c1)B1c3cc(C(C)(C)C)ccc3N(c3oc4ccccc4c3-c3ccccc3)c3cccc(c31)N2c1oc2ccccc2c1-c1ccccc1. The minimum Gasteiger partial charge on any atom is -0.439 e. The Morgan fingerprint density at radius 3 is 1.24 bits per heavy atom. The summed E-state index contributed by atoms with van der Waals surface area (Å²) >= 11 is 0. The standard InChI is InChI=1S/C54H45BN2O2/c1-53(2,3)36-28-30-42-40(32-36)55-41-33-37(54(4,5)6)29-31-43(41)57(52-49(35-20-11-8-12-21-35)39-23-14-16-27-47(39)59-52)45-25-17-24-44(50(45)55)56(42)51-48(34-18-9-7-10-19-34)38-22-13-15-26-46(38)58-51/h7-33H,1-6H3. The zero-order chi connectivity index (χ0) is 40.2. The molecule has 5 heteroatoms. The lowest BCUT2D eigenvalue weighted by molar-refractivity contribution is 0.590. The van der Waals surface area contributed by atoms with Crippen LogP contribution in [0, 0.1) is 0 Å². The molecular formula is C54H45BN2O2. The lowest BCUT2D eigenvalue weighted by Gasteiger charge is -2.43. The summed E-state index contributed by atoms with van der Waals surface area (Å²) in [6.07, 6.45) is 0. The van der Waals surface area contributed by atoms with Gasteiger partial charge in [0.05, 0.1) is 11.1 Å². The van der Waals surface area contributed by atoms with E-state index in [-0.39, 0.29) is 17.5 Å². The zero-order valence-corrected chi connectivity index (χ0v) is 34.4. The largest absolute Gasteiger partial charge is 0.439 e. The van der Waals surface area contributed by atoms with Gasteiger partial charge in [0.1, 0.15) is 11.2 Å². The number of hydrogen-bond donors (Lipinski definition) is 0. The molecule has 7 aromatic carbocycles. The van der Waals surface area contributed by atoms with Crippen LogP contribution < -0.4 is 26.2 Å². The van der Waals surface area contributed by atoms with Gasteiger partial charge in [0.25, 0.3) is 6.71 Å². The highest BCUT2D eigenvalue weighted by Crippen LogP contribution is 2.52. The van der Waals surface area contributed by atoms with Crippen molar-refractivity contribution in [1.82, 2.24) is 0 Å². The number of furan rings is 2. The van der Waals surface area contributed by atoms with Crippen LogP contribution >= 0.6 is 0 Å². The molecular weight excluding hydrogens is 719 g/mol. The summed E-state index contributed by atoms with van der Waals surface area (Å²) in [6.45, 7) is 13.8. The van der Waals surface area contributed by atoms with Gasteiger partial charge in [-0.15, -0.1) is 0 Å². The van der Waals surface area contributed by atoms with Crippen molar-refractivity contribution in [1.29, 1.82) is 0 Å². The van der Waals surface area contributed by atoms with Gasteiger partial charge in [0.2, 0.25) is 11.8 Å². The zero-order valence-electron chi connectivity index (χ0n) is 34.4. The van der Waals surface area contributed by atoms with Crippen LogP contribution in [0.2, 0.25) is 0 Å². The van der Waals surface area contributed by atoms with E-state index in [2.05, 4.69) is 215 Å². The monoisotopic (exact) mass is 764 g/mol. The Bertz CT molecular complexity index is 2890. The van der Waals surface area contributed by atoms with E-state index in [1.807, 2.05) is 0 Å². The van der Waals surface area contributed by atoms with Crippen molar-refractivity contribution >= 4 is 79.6 Å². The van der Waals surface area contributed by atoms with E-state index >= 15 is 0 Å². The van der Waals surface area contributed by atoms with Crippen molar-refractivity contribution < 1.29 is 8.83 Å². The quantitative estimate of drug-likeness (QED) is 0.167. The van der Waals surface area contributed by atoms with Crippen LogP contribution in [0.25, 0.3) is 44.2 Å². The molecule has 0 radical (unpaired) electrons. The third kappa shape index (κ3) is 5.44. The molecule has 0 spiro atoms. The van der Waals surface area contributed by atoms with E-state index in [0.29, 0.717) is 0 Å². The van der Waals surface area contributed by atoms with Gasteiger partial charge < -0.3 is 8.83 Å². The maximum absolute atomic E-state index is 7.09. The van der Waals surface area contributed by atoms with E-state index in [0.717, 1.165) is 78.7 Å². The summed E-state index contributed by atoms with van der Waals surface area (Å²) in [4.78, 5) is 4.79. The Kier molecular flexibility index (Phi) is 7.75. The first-order valence-corrected chi connectivity index (χ1v) is 20.7. The average Bonchev–Trinajstić information content (AvgIpc) is 3.82. The second kappa shape index (κ2) is 12.9. The van der Waals surface area contributed by atoms with Crippen molar-refractivity contribution in [2.75, 3.05) is 9.80 Å². The predicted octanol–water partition coefficient (Wildman–Crippen LogP) is 13.2. The molecule has 0 bridgehead atoms. The summed E-state index contributed by atoms with van der Waals surface area (Å²) in [5.74, 6) is 1.62. The van der Waals surface area contributed by atoms with E-state index in [4.69, 9.17) is 8.83 Å². The number of hydrogen-bond acceptors (Lipinski definition) is 4. The van der Waals surface area contributed by atoms with Crippen molar-refractivity contribution in [3.05, 3.63) is 175 Å².